The summed E-state index contributed by atoms with van der Waals surface area (Å²) in [6.07, 6.45) is 0. The zero-order chi connectivity index (χ0) is 26.1. The Balaban J connectivity index is 0.000000658. The van der Waals surface area contributed by atoms with Gasteiger partial charge in [0.05, 0.1) is 16.9 Å². The number of hydrogen-bond donors (Lipinski definition) is 0. The second-order valence-electron chi connectivity index (χ2n) is 7.34. The van der Waals surface area contributed by atoms with Crippen LogP contribution in [0, 0.1) is 10.2 Å². The molecule has 6 nitrogen and oxygen atoms in total. The average molecular weight is 543 g/mol. The Morgan fingerprint density at radius 1 is 0.583 bits per heavy atom. The van der Waals surface area contributed by atoms with Gasteiger partial charge in [0.1, 0.15) is 9.79 Å². The lowest BCUT2D eigenvalue weighted by Gasteiger charge is -2.21. The first kappa shape index (κ1) is 27.8. The molecule has 0 amide bonds. The van der Waals surface area contributed by atoms with E-state index < -0.39 is 29.5 Å². The van der Waals surface area contributed by atoms with Crippen molar-refractivity contribution < 1.29 is 28.9 Å². The van der Waals surface area contributed by atoms with Crippen LogP contribution in [0.1, 0.15) is 0 Å². The van der Waals surface area contributed by atoms with E-state index in [2.05, 4.69) is 126 Å². The largest absolute Gasteiger partial charge is 0.261 e. The summed E-state index contributed by atoms with van der Waals surface area (Å²) in [5.74, 6) is 0. The fraction of sp³-hybridized carbons (Fsp3) is 0.0741. The van der Waals surface area contributed by atoms with Crippen LogP contribution in [0.2, 0.25) is 0 Å². The molecule has 36 heavy (non-hydrogen) atoms. The standard InChI is InChI=1S/C27H27N2S2.ClHO4/c1-28-30(24-15-7-3-8-16-24,25-17-9-4-10-18-25)23-31(29-2,26-19-11-5-12-20-26)27-21-13-6-14-22-27;2-1(3,4)5/h3-23H,1-2H3;(H,2,3,4,5)/q+1;/p-1. The molecule has 0 spiro atoms. The first-order valence-electron chi connectivity index (χ1n) is 10.8. The Bertz CT molecular complexity index is 1320. The van der Waals surface area contributed by atoms with Crippen molar-refractivity contribution in [3.8, 4) is 0 Å². The molecule has 0 radical (unpaired) electrons. The topological polar surface area (TPSA) is 117 Å². The Morgan fingerprint density at radius 3 is 1.17 bits per heavy atom. The summed E-state index contributed by atoms with van der Waals surface area (Å²) in [5, 5.41) is 0. The van der Waals surface area contributed by atoms with Gasteiger partial charge in [-0.2, -0.15) is 0 Å². The molecule has 0 heterocycles. The summed E-state index contributed by atoms with van der Waals surface area (Å²) in [6, 6.07) is 42.6. The van der Waals surface area contributed by atoms with Gasteiger partial charge in [-0.3, -0.25) is 4.36 Å². The van der Waals surface area contributed by atoms with E-state index in [9.17, 15) is 0 Å². The van der Waals surface area contributed by atoms with Gasteiger partial charge in [0.2, 0.25) is 0 Å². The minimum Gasteiger partial charge on any atom is -0.261 e. The van der Waals surface area contributed by atoms with Crippen LogP contribution in [0.15, 0.2) is 150 Å². The Labute approximate surface area is 216 Å². The molecule has 188 valence electrons. The number of halogens is 1. The SMILES string of the molecule is CN=S(=C[S+](=NC)(c1ccccc1)c1ccccc1)(c1ccccc1)c1ccccc1.[O-][Cl+3]([O-])([O-])[O-]. The van der Waals surface area contributed by atoms with E-state index in [-0.39, 0.29) is 0 Å². The molecule has 9 heteroatoms. The van der Waals surface area contributed by atoms with E-state index >= 15 is 0 Å². The fourth-order valence-corrected chi connectivity index (χ4v) is 11.5. The Morgan fingerprint density at radius 2 is 0.889 bits per heavy atom. The van der Waals surface area contributed by atoms with E-state index in [1.54, 1.807) is 0 Å². The molecule has 0 aliphatic carbocycles. The van der Waals surface area contributed by atoms with Crippen LogP contribution in [0.5, 0.6) is 0 Å². The molecule has 0 saturated heterocycles. The van der Waals surface area contributed by atoms with Crippen molar-refractivity contribution in [1.82, 2.24) is 0 Å². The average Bonchev–Trinajstić information content (AvgIpc) is 2.91. The van der Waals surface area contributed by atoms with E-state index in [4.69, 9.17) is 27.4 Å². The Hall–Kier alpha value is -2.82. The molecule has 0 N–H and O–H groups in total. The predicted octanol–water partition coefficient (Wildman–Crippen LogP) is 2.16. The van der Waals surface area contributed by atoms with Crippen LogP contribution in [0.25, 0.3) is 0 Å². The third-order valence-electron chi connectivity index (χ3n) is 5.26. The maximum atomic E-state index is 8.49. The molecule has 0 unspecified atom stereocenters. The maximum absolute atomic E-state index is 8.49. The minimum absolute atomic E-state index is 1.22. The zero-order valence-electron chi connectivity index (χ0n) is 19.8. The van der Waals surface area contributed by atoms with Crippen LogP contribution < -0.4 is 18.6 Å². The Kier molecular flexibility index (Phi) is 9.58. The van der Waals surface area contributed by atoms with Crippen LogP contribution in [0.3, 0.4) is 0 Å². The lowest BCUT2D eigenvalue weighted by atomic mass is 10.4. The van der Waals surface area contributed by atoms with Crippen LogP contribution in [-0.4, -0.2) is 18.8 Å². The second-order valence-corrected chi connectivity index (χ2v) is 14.0. The summed E-state index contributed by atoms with van der Waals surface area (Å²) < 4.78 is 46.7. The summed E-state index contributed by atoms with van der Waals surface area (Å²) >= 11 is 0. The van der Waals surface area contributed by atoms with E-state index in [0.29, 0.717) is 0 Å². The van der Waals surface area contributed by atoms with Crippen molar-refractivity contribution in [3.63, 3.8) is 0 Å². The minimum atomic E-state index is -4.94. The highest BCUT2D eigenvalue weighted by atomic mass is 35.7. The lowest BCUT2D eigenvalue weighted by Crippen LogP contribution is -2.68. The molecule has 0 fully saturated rings. The van der Waals surface area contributed by atoms with Gasteiger partial charge in [0.15, 0.2) is 4.70 Å². The number of hydrogen-bond acceptors (Lipinski definition) is 6. The number of benzene rings is 4. The van der Waals surface area contributed by atoms with Gasteiger partial charge in [-0.15, -0.1) is 14.6 Å². The van der Waals surface area contributed by atoms with Crippen molar-refractivity contribution in [2.45, 2.75) is 19.6 Å². The molecular formula is C27H27ClN2O4S2. The third-order valence-corrected chi connectivity index (χ3v) is 12.6. The van der Waals surface area contributed by atoms with Crippen molar-refractivity contribution in [2.24, 2.45) is 8.73 Å². The normalized spacial score (nSPS) is 11.6. The van der Waals surface area contributed by atoms with E-state index in [1.807, 2.05) is 14.1 Å². The van der Waals surface area contributed by atoms with Crippen LogP contribution in [0.4, 0.5) is 0 Å². The molecule has 0 bridgehead atoms. The maximum Gasteiger partial charge on any atom is 0.156 e. The number of nitrogens with zero attached hydrogens (tertiary/aromatic N) is 2. The molecule has 0 saturated carbocycles. The first-order valence-corrected chi connectivity index (χ1v) is 15.3. The highest BCUT2D eigenvalue weighted by Gasteiger charge is 2.32. The highest BCUT2D eigenvalue weighted by Crippen LogP contribution is 2.34. The molecule has 0 aromatic heterocycles. The van der Waals surface area contributed by atoms with E-state index in [0.717, 1.165) is 0 Å². The molecule has 4 aromatic carbocycles. The summed E-state index contributed by atoms with van der Waals surface area (Å²) in [6.45, 7) is 0. The van der Waals surface area contributed by atoms with Crippen LogP contribution in [-0.2, 0) is 19.2 Å². The van der Waals surface area contributed by atoms with Crippen molar-refractivity contribution in [1.29, 1.82) is 0 Å². The second kappa shape index (κ2) is 12.4. The van der Waals surface area contributed by atoms with Gasteiger partial charge < -0.3 is 0 Å². The summed E-state index contributed by atoms with van der Waals surface area (Å²) in [4.78, 5) is 4.87. The molecule has 0 atom stereocenters. The zero-order valence-corrected chi connectivity index (χ0v) is 22.2. The smallest absolute Gasteiger partial charge is 0.156 e. The molecule has 4 rings (SSSR count). The number of rotatable bonds is 5. The van der Waals surface area contributed by atoms with Crippen molar-refractivity contribution in [2.75, 3.05) is 14.1 Å². The van der Waals surface area contributed by atoms with Crippen molar-refractivity contribution >= 4 is 23.9 Å². The molecule has 4 aromatic rings. The summed E-state index contributed by atoms with van der Waals surface area (Å²) in [5.41, 5.74) is 0. The quantitative estimate of drug-likeness (QED) is 0.284. The molecular weight excluding hydrogens is 516 g/mol. The van der Waals surface area contributed by atoms with Gasteiger partial charge in [-0.1, -0.05) is 72.8 Å². The van der Waals surface area contributed by atoms with E-state index in [1.165, 1.54) is 19.6 Å². The fourth-order valence-electron chi connectivity index (χ4n) is 3.72. The van der Waals surface area contributed by atoms with Crippen molar-refractivity contribution in [3.05, 3.63) is 121 Å². The first-order chi connectivity index (χ1) is 17.2. The summed E-state index contributed by atoms with van der Waals surface area (Å²) in [7, 11) is -4.68. The lowest BCUT2D eigenvalue weighted by molar-refractivity contribution is -2.00. The monoisotopic (exact) mass is 542 g/mol. The van der Waals surface area contributed by atoms with Crippen LogP contribution >= 0.6 is 0 Å². The van der Waals surface area contributed by atoms with Gasteiger partial charge in [0, 0.05) is 16.8 Å². The van der Waals surface area contributed by atoms with Gasteiger partial charge in [-0.05, 0) is 57.9 Å². The third kappa shape index (κ3) is 6.68. The predicted molar refractivity (Wildman–Crippen MR) is 136 cm³/mol. The van der Waals surface area contributed by atoms with Gasteiger partial charge in [0.25, 0.3) is 0 Å². The van der Waals surface area contributed by atoms with Gasteiger partial charge >= 0.3 is 0 Å². The molecule has 0 aliphatic rings. The highest BCUT2D eigenvalue weighted by molar-refractivity contribution is 8.29. The van der Waals surface area contributed by atoms with Gasteiger partial charge in [-0.25, -0.2) is 18.6 Å². The molecule has 0 aliphatic heterocycles.